The zero-order valence-corrected chi connectivity index (χ0v) is 10.5. The normalized spacial score (nSPS) is 13.9. The molecule has 1 unspecified atom stereocenters. The van der Waals surface area contributed by atoms with Gasteiger partial charge in [-0.15, -0.1) is 11.6 Å². The van der Waals surface area contributed by atoms with Gasteiger partial charge in [-0.05, 0) is 23.0 Å². The standard InChI is InChI=1S/C13H20ClN/c1-13(2,3)11-6-4-10(5-7-11)12(15)8-9-14/h4-7,12H,8-9,15H2,1-3H3. The molecule has 0 amide bonds. The van der Waals surface area contributed by atoms with Crippen LogP contribution in [0, 0.1) is 0 Å². The Bertz CT molecular complexity index is 297. The highest BCUT2D eigenvalue weighted by Crippen LogP contribution is 2.24. The van der Waals surface area contributed by atoms with Gasteiger partial charge in [-0.1, -0.05) is 45.0 Å². The van der Waals surface area contributed by atoms with E-state index in [-0.39, 0.29) is 11.5 Å². The molecule has 1 aromatic carbocycles. The minimum atomic E-state index is 0.0662. The third-order valence-electron chi connectivity index (χ3n) is 2.62. The lowest BCUT2D eigenvalue weighted by Gasteiger charge is -2.20. The molecule has 0 aromatic heterocycles. The van der Waals surface area contributed by atoms with E-state index in [0.717, 1.165) is 6.42 Å². The van der Waals surface area contributed by atoms with Crippen molar-refractivity contribution < 1.29 is 0 Å². The molecular weight excluding hydrogens is 206 g/mol. The largest absolute Gasteiger partial charge is 0.324 e. The fourth-order valence-corrected chi connectivity index (χ4v) is 1.75. The zero-order chi connectivity index (χ0) is 11.5. The molecule has 0 saturated carbocycles. The van der Waals surface area contributed by atoms with Crippen molar-refractivity contribution in [2.45, 2.75) is 38.6 Å². The van der Waals surface area contributed by atoms with Crippen LogP contribution in [0.25, 0.3) is 0 Å². The summed E-state index contributed by atoms with van der Waals surface area (Å²) in [4.78, 5) is 0. The Kier molecular flexibility index (Phi) is 4.18. The van der Waals surface area contributed by atoms with Crippen molar-refractivity contribution in [2.24, 2.45) is 5.73 Å². The van der Waals surface area contributed by atoms with Gasteiger partial charge in [-0.2, -0.15) is 0 Å². The highest BCUT2D eigenvalue weighted by atomic mass is 35.5. The van der Waals surface area contributed by atoms with Gasteiger partial charge in [0.25, 0.3) is 0 Å². The number of halogens is 1. The Labute approximate surface area is 97.6 Å². The average molecular weight is 226 g/mol. The van der Waals surface area contributed by atoms with E-state index >= 15 is 0 Å². The molecule has 0 saturated heterocycles. The first-order chi connectivity index (χ1) is 6.95. The summed E-state index contributed by atoms with van der Waals surface area (Å²) in [5, 5.41) is 0. The topological polar surface area (TPSA) is 26.0 Å². The first kappa shape index (κ1) is 12.5. The molecule has 1 atom stereocenters. The minimum absolute atomic E-state index is 0.0662. The fourth-order valence-electron chi connectivity index (χ4n) is 1.51. The molecule has 2 heteroatoms. The molecule has 0 aliphatic heterocycles. The van der Waals surface area contributed by atoms with Gasteiger partial charge in [0, 0.05) is 11.9 Å². The summed E-state index contributed by atoms with van der Waals surface area (Å²) in [5.41, 5.74) is 8.69. The average Bonchev–Trinajstić information content (AvgIpc) is 2.17. The maximum Gasteiger partial charge on any atom is 0.0306 e. The summed E-state index contributed by atoms with van der Waals surface area (Å²) in [6, 6.07) is 8.60. The van der Waals surface area contributed by atoms with Crippen LogP contribution < -0.4 is 5.73 Å². The SMILES string of the molecule is CC(C)(C)c1ccc(C(N)CCCl)cc1. The minimum Gasteiger partial charge on any atom is -0.324 e. The Morgan fingerprint density at radius 1 is 1.20 bits per heavy atom. The number of nitrogens with two attached hydrogens (primary N) is 1. The van der Waals surface area contributed by atoms with Crippen molar-refractivity contribution in [3.8, 4) is 0 Å². The van der Waals surface area contributed by atoms with E-state index in [4.69, 9.17) is 17.3 Å². The molecule has 1 nitrogen and oxygen atoms in total. The van der Waals surface area contributed by atoms with Crippen LogP contribution in [0.3, 0.4) is 0 Å². The number of rotatable bonds is 3. The number of hydrogen-bond donors (Lipinski definition) is 1. The summed E-state index contributed by atoms with van der Waals surface area (Å²) in [6.45, 7) is 6.63. The van der Waals surface area contributed by atoms with E-state index in [1.54, 1.807) is 0 Å². The van der Waals surface area contributed by atoms with Gasteiger partial charge < -0.3 is 5.73 Å². The molecule has 15 heavy (non-hydrogen) atoms. The highest BCUT2D eigenvalue weighted by molar-refractivity contribution is 6.17. The van der Waals surface area contributed by atoms with Gasteiger partial charge in [0.15, 0.2) is 0 Å². The zero-order valence-electron chi connectivity index (χ0n) is 9.76. The third-order valence-corrected chi connectivity index (χ3v) is 2.84. The number of alkyl halides is 1. The molecule has 0 radical (unpaired) electrons. The van der Waals surface area contributed by atoms with Crippen LogP contribution >= 0.6 is 11.6 Å². The number of benzene rings is 1. The molecule has 2 N–H and O–H groups in total. The Balaban J connectivity index is 2.81. The molecule has 0 aliphatic rings. The smallest absolute Gasteiger partial charge is 0.0306 e. The number of hydrogen-bond acceptors (Lipinski definition) is 1. The lowest BCUT2D eigenvalue weighted by Crippen LogP contribution is -2.13. The highest BCUT2D eigenvalue weighted by Gasteiger charge is 2.13. The molecule has 0 heterocycles. The summed E-state index contributed by atoms with van der Waals surface area (Å²) < 4.78 is 0. The van der Waals surface area contributed by atoms with E-state index in [2.05, 4.69) is 45.0 Å². The fraction of sp³-hybridized carbons (Fsp3) is 0.538. The molecule has 1 aromatic rings. The predicted molar refractivity (Wildman–Crippen MR) is 67.4 cm³/mol. The maximum absolute atomic E-state index is 5.98. The van der Waals surface area contributed by atoms with Crippen molar-refractivity contribution in [2.75, 3.05) is 5.88 Å². The van der Waals surface area contributed by atoms with Gasteiger partial charge in [-0.25, -0.2) is 0 Å². The van der Waals surface area contributed by atoms with Crippen LogP contribution in [-0.2, 0) is 5.41 Å². The first-order valence-electron chi connectivity index (χ1n) is 5.37. The van der Waals surface area contributed by atoms with E-state index in [0.29, 0.717) is 5.88 Å². The quantitative estimate of drug-likeness (QED) is 0.782. The van der Waals surface area contributed by atoms with Crippen molar-refractivity contribution in [3.05, 3.63) is 35.4 Å². The predicted octanol–water partition coefficient (Wildman–Crippen LogP) is 3.61. The lowest BCUT2D eigenvalue weighted by molar-refractivity contribution is 0.589. The molecule has 0 spiro atoms. The molecule has 0 aliphatic carbocycles. The van der Waals surface area contributed by atoms with Crippen LogP contribution in [0.2, 0.25) is 0 Å². The van der Waals surface area contributed by atoms with Crippen LogP contribution in [0.1, 0.15) is 44.4 Å². The van der Waals surface area contributed by atoms with Gasteiger partial charge in [-0.3, -0.25) is 0 Å². The first-order valence-corrected chi connectivity index (χ1v) is 5.90. The summed E-state index contributed by atoms with van der Waals surface area (Å²) in [5.74, 6) is 0.613. The second-order valence-electron chi connectivity index (χ2n) is 4.96. The molecule has 0 bridgehead atoms. The van der Waals surface area contributed by atoms with Crippen LogP contribution in [0.5, 0.6) is 0 Å². The van der Waals surface area contributed by atoms with E-state index in [1.165, 1.54) is 11.1 Å². The lowest BCUT2D eigenvalue weighted by atomic mass is 9.86. The second kappa shape index (κ2) is 5.00. The van der Waals surface area contributed by atoms with E-state index in [1.807, 2.05) is 0 Å². The second-order valence-corrected chi connectivity index (χ2v) is 5.33. The van der Waals surface area contributed by atoms with Gasteiger partial charge >= 0.3 is 0 Å². The maximum atomic E-state index is 5.98. The van der Waals surface area contributed by atoms with Crippen LogP contribution in [0.15, 0.2) is 24.3 Å². The van der Waals surface area contributed by atoms with Gasteiger partial charge in [0.2, 0.25) is 0 Å². The van der Waals surface area contributed by atoms with Crippen molar-refractivity contribution in [1.82, 2.24) is 0 Å². The van der Waals surface area contributed by atoms with Crippen molar-refractivity contribution in [3.63, 3.8) is 0 Å². The van der Waals surface area contributed by atoms with Crippen molar-refractivity contribution >= 4 is 11.6 Å². The van der Waals surface area contributed by atoms with Crippen LogP contribution in [0.4, 0.5) is 0 Å². The summed E-state index contributed by atoms with van der Waals surface area (Å²) in [7, 11) is 0. The molecule has 1 rings (SSSR count). The molecular formula is C13H20ClN. The van der Waals surface area contributed by atoms with Gasteiger partial charge in [0.05, 0.1) is 0 Å². The Hall–Kier alpha value is -0.530. The Morgan fingerprint density at radius 3 is 2.13 bits per heavy atom. The third kappa shape index (κ3) is 3.51. The summed E-state index contributed by atoms with van der Waals surface area (Å²) in [6.07, 6.45) is 0.830. The van der Waals surface area contributed by atoms with E-state index < -0.39 is 0 Å². The van der Waals surface area contributed by atoms with E-state index in [9.17, 15) is 0 Å². The molecule has 0 fully saturated rings. The molecule has 84 valence electrons. The Morgan fingerprint density at radius 2 is 1.73 bits per heavy atom. The van der Waals surface area contributed by atoms with Gasteiger partial charge in [0.1, 0.15) is 0 Å². The monoisotopic (exact) mass is 225 g/mol. The summed E-state index contributed by atoms with van der Waals surface area (Å²) >= 11 is 5.67. The van der Waals surface area contributed by atoms with Crippen molar-refractivity contribution in [1.29, 1.82) is 0 Å². The van der Waals surface area contributed by atoms with Crippen LogP contribution in [-0.4, -0.2) is 5.88 Å².